The molecule has 1 atom stereocenters. The van der Waals surface area contributed by atoms with Crippen molar-refractivity contribution in [3.05, 3.63) is 0 Å². The molecule has 2 heterocycles. The number of nitrogens with one attached hydrogen (secondary N) is 1. The second-order valence-electron chi connectivity index (χ2n) is 8.01. The van der Waals surface area contributed by atoms with E-state index in [0.717, 1.165) is 58.0 Å². The lowest BCUT2D eigenvalue weighted by molar-refractivity contribution is -0.140. The van der Waals surface area contributed by atoms with Gasteiger partial charge in [-0.05, 0) is 51.6 Å². The van der Waals surface area contributed by atoms with Crippen LogP contribution < -0.4 is 5.32 Å². The fraction of sp³-hybridized carbons (Fsp3) is 0.947. The lowest BCUT2D eigenvalue weighted by Crippen LogP contribution is -2.62. The molecule has 3 aliphatic rings. The minimum absolute atomic E-state index is 0.259. The monoisotopic (exact) mass is 337 g/mol. The summed E-state index contributed by atoms with van der Waals surface area (Å²) in [5.74, 6) is 1.03. The Balaban J connectivity index is 1.53. The van der Waals surface area contributed by atoms with Gasteiger partial charge < -0.3 is 15.0 Å². The van der Waals surface area contributed by atoms with Crippen LogP contribution in [-0.4, -0.2) is 74.2 Å². The molecule has 3 fully saturated rings. The van der Waals surface area contributed by atoms with Crippen molar-refractivity contribution in [3.63, 3.8) is 0 Å². The van der Waals surface area contributed by atoms with Gasteiger partial charge in [-0.1, -0.05) is 19.3 Å². The number of rotatable bonds is 5. The second-order valence-corrected chi connectivity index (χ2v) is 8.01. The van der Waals surface area contributed by atoms with E-state index in [2.05, 4.69) is 22.2 Å². The Bertz CT molecular complexity index is 403. The van der Waals surface area contributed by atoms with Gasteiger partial charge in [-0.3, -0.25) is 9.69 Å². The van der Waals surface area contributed by atoms with Crippen LogP contribution in [-0.2, 0) is 9.53 Å². The summed E-state index contributed by atoms with van der Waals surface area (Å²) in [5.41, 5.74) is -0.259. The van der Waals surface area contributed by atoms with Crippen LogP contribution in [0.5, 0.6) is 0 Å². The fourth-order valence-corrected chi connectivity index (χ4v) is 4.88. The molecule has 0 unspecified atom stereocenters. The third-order valence-corrected chi connectivity index (χ3v) is 6.28. The quantitative estimate of drug-likeness (QED) is 0.832. The van der Waals surface area contributed by atoms with Crippen molar-refractivity contribution in [2.45, 2.75) is 56.9 Å². The molecular formula is C19H35N3O2. The smallest absolute Gasteiger partial charge is 0.240 e. The van der Waals surface area contributed by atoms with Gasteiger partial charge in [0, 0.05) is 26.2 Å². The summed E-state index contributed by atoms with van der Waals surface area (Å²) in [6, 6.07) is 0. The van der Waals surface area contributed by atoms with Gasteiger partial charge in [0.25, 0.3) is 0 Å². The minimum atomic E-state index is -0.259. The highest BCUT2D eigenvalue weighted by Crippen LogP contribution is 2.34. The molecule has 138 valence electrons. The first-order chi connectivity index (χ1) is 11.7. The average Bonchev–Trinajstić information content (AvgIpc) is 2.63. The number of hydrogen-bond donors (Lipinski definition) is 1. The zero-order valence-electron chi connectivity index (χ0n) is 15.4. The maximum atomic E-state index is 13.1. The van der Waals surface area contributed by atoms with Crippen LogP contribution in [0.3, 0.4) is 0 Å². The number of likely N-dealkylation sites (tertiary alicyclic amines) is 1. The van der Waals surface area contributed by atoms with Crippen molar-refractivity contribution < 1.29 is 9.53 Å². The van der Waals surface area contributed by atoms with Crippen LogP contribution in [0.1, 0.15) is 51.4 Å². The molecule has 5 heteroatoms. The topological polar surface area (TPSA) is 44.8 Å². The average molecular weight is 338 g/mol. The van der Waals surface area contributed by atoms with E-state index in [9.17, 15) is 4.79 Å². The number of carbonyl (C=O) groups is 1. The molecule has 1 saturated carbocycles. The van der Waals surface area contributed by atoms with E-state index in [0.29, 0.717) is 0 Å². The molecule has 2 saturated heterocycles. The van der Waals surface area contributed by atoms with Crippen molar-refractivity contribution in [1.29, 1.82) is 0 Å². The lowest BCUT2D eigenvalue weighted by atomic mass is 9.79. The second kappa shape index (κ2) is 8.63. The number of ether oxygens (including phenoxy) is 1. The molecule has 0 spiro atoms. The number of amides is 1. The van der Waals surface area contributed by atoms with E-state index in [4.69, 9.17) is 4.74 Å². The third-order valence-electron chi connectivity index (χ3n) is 6.28. The van der Waals surface area contributed by atoms with Gasteiger partial charge in [-0.2, -0.15) is 0 Å². The first kappa shape index (κ1) is 18.2. The maximum Gasteiger partial charge on any atom is 0.240 e. The van der Waals surface area contributed by atoms with Crippen molar-refractivity contribution in [3.8, 4) is 0 Å². The Morgan fingerprint density at radius 1 is 1.12 bits per heavy atom. The molecule has 1 amide bonds. The Morgan fingerprint density at radius 2 is 1.88 bits per heavy atom. The van der Waals surface area contributed by atoms with Gasteiger partial charge in [0.05, 0.1) is 13.2 Å². The molecule has 1 N–H and O–H groups in total. The number of nitrogens with zero attached hydrogens (tertiary/aromatic N) is 2. The van der Waals surface area contributed by atoms with Crippen molar-refractivity contribution >= 4 is 5.91 Å². The number of piperidine rings is 1. The SMILES string of the molecule is CN1CCC[C@@H](CCNC(=O)C2(N3CCOCC3)CCCCC2)C1. The molecule has 0 aromatic carbocycles. The van der Waals surface area contributed by atoms with Crippen molar-refractivity contribution in [2.24, 2.45) is 5.92 Å². The normalized spacial score (nSPS) is 29.3. The summed E-state index contributed by atoms with van der Waals surface area (Å²) in [7, 11) is 2.21. The van der Waals surface area contributed by atoms with Crippen LogP contribution >= 0.6 is 0 Å². The Hall–Kier alpha value is -0.650. The third kappa shape index (κ3) is 4.30. The van der Waals surface area contributed by atoms with E-state index in [1.165, 1.54) is 45.2 Å². The molecule has 0 radical (unpaired) electrons. The lowest BCUT2D eigenvalue weighted by Gasteiger charge is -2.46. The Kier molecular flexibility index (Phi) is 6.53. The van der Waals surface area contributed by atoms with Gasteiger partial charge in [0.15, 0.2) is 0 Å². The maximum absolute atomic E-state index is 13.1. The summed E-state index contributed by atoms with van der Waals surface area (Å²) in [5, 5.41) is 3.31. The molecule has 5 nitrogen and oxygen atoms in total. The van der Waals surface area contributed by atoms with Gasteiger partial charge >= 0.3 is 0 Å². The Labute approximate surface area is 147 Å². The molecule has 3 rings (SSSR count). The predicted molar refractivity (Wildman–Crippen MR) is 96.1 cm³/mol. The highest BCUT2D eigenvalue weighted by Gasteiger charge is 2.44. The zero-order valence-corrected chi connectivity index (χ0v) is 15.4. The molecule has 24 heavy (non-hydrogen) atoms. The van der Waals surface area contributed by atoms with Crippen molar-refractivity contribution in [2.75, 3.05) is 53.0 Å². The van der Waals surface area contributed by atoms with E-state index < -0.39 is 0 Å². The molecular weight excluding hydrogens is 302 g/mol. The van der Waals surface area contributed by atoms with Crippen LogP contribution in [0, 0.1) is 5.92 Å². The number of morpholine rings is 1. The largest absolute Gasteiger partial charge is 0.379 e. The molecule has 0 bridgehead atoms. The number of hydrogen-bond acceptors (Lipinski definition) is 4. The summed E-state index contributed by atoms with van der Waals surface area (Å²) >= 11 is 0. The number of carbonyl (C=O) groups excluding carboxylic acids is 1. The van der Waals surface area contributed by atoms with Crippen LogP contribution in [0.2, 0.25) is 0 Å². The minimum Gasteiger partial charge on any atom is -0.379 e. The van der Waals surface area contributed by atoms with Crippen LogP contribution in [0.4, 0.5) is 0 Å². The first-order valence-electron chi connectivity index (χ1n) is 10.0. The summed E-state index contributed by atoms with van der Waals surface area (Å²) < 4.78 is 5.51. The Morgan fingerprint density at radius 3 is 2.58 bits per heavy atom. The summed E-state index contributed by atoms with van der Waals surface area (Å²) in [6.45, 7) is 6.59. The van der Waals surface area contributed by atoms with Crippen LogP contribution in [0.25, 0.3) is 0 Å². The standard InChI is InChI=1S/C19H35N3O2/c1-21-11-5-6-17(16-21)7-10-20-18(23)19(8-3-2-4-9-19)22-12-14-24-15-13-22/h17H,2-16H2,1H3,(H,20,23)/t17-/m0/s1. The molecule has 2 aliphatic heterocycles. The van der Waals surface area contributed by atoms with Crippen LogP contribution in [0.15, 0.2) is 0 Å². The highest BCUT2D eigenvalue weighted by molar-refractivity contribution is 5.86. The predicted octanol–water partition coefficient (Wildman–Crippen LogP) is 1.87. The molecule has 0 aromatic rings. The van der Waals surface area contributed by atoms with E-state index >= 15 is 0 Å². The van der Waals surface area contributed by atoms with E-state index in [-0.39, 0.29) is 11.4 Å². The highest BCUT2D eigenvalue weighted by atomic mass is 16.5. The zero-order chi connectivity index (χ0) is 16.8. The molecule has 1 aliphatic carbocycles. The first-order valence-corrected chi connectivity index (χ1v) is 10.0. The van der Waals surface area contributed by atoms with Gasteiger partial charge in [0.2, 0.25) is 5.91 Å². The molecule has 0 aromatic heterocycles. The summed E-state index contributed by atoms with van der Waals surface area (Å²) in [6.07, 6.45) is 9.40. The van der Waals surface area contributed by atoms with E-state index in [1.54, 1.807) is 0 Å². The van der Waals surface area contributed by atoms with Gasteiger partial charge in [0.1, 0.15) is 5.54 Å². The van der Waals surface area contributed by atoms with Gasteiger partial charge in [-0.15, -0.1) is 0 Å². The van der Waals surface area contributed by atoms with E-state index in [1.807, 2.05) is 0 Å². The van der Waals surface area contributed by atoms with Crippen molar-refractivity contribution in [1.82, 2.24) is 15.1 Å². The summed E-state index contributed by atoms with van der Waals surface area (Å²) in [4.78, 5) is 18.0. The van der Waals surface area contributed by atoms with Gasteiger partial charge in [-0.25, -0.2) is 0 Å². The fourth-order valence-electron chi connectivity index (χ4n) is 4.88.